The summed E-state index contributed by atoms with van der Waals surface area (Å²) in [4.78, 5) is 22.0. The highest BCUT2D eigenvalue weighted by atomic mass is 16.3. The molecule has 4 rings (SSSR count). The number of allylic oxidation sites excluding steroid dienone is 1. The molecule has 0 atom stereocenters. The molecule has 3 aliphatic rings. The number of Topliss-reactive ketones (excluding diaryl/α,β-unsaturated/α-hetero) is 1. The van der Waals surface area contributed by atoms with Gasteiger partial charge in [-0.25, -0.2) is 4.98 Å². The van der Waals surface area contributed by atoms with Gasteiger partial charge in [-0.2, -0.15) is 0 Å². The van der Waals surface area contributed by atoms with Gasteiger partial charge in [0.05, 0.1) is 12.3 Å². The van der Waals surface area contributed by atoms with E-state index in [4.69, 9.17) is 4.98 Å². The van der Waals surface area contributed by atoms with E-state index in [1.54, 1.807) is 0 Å². The van der Waals surface area contributed by atoms with Crippen LogP contribution in [0, 0.1) is 0 Å². The molecule has 1 saturated heterocycles. The first-order chi connectivity index (χ1) is 14.2. The highest BCUT2D eigenvalue weighted by Gasteiger charge is 2.33. The number of carbonyl (C=O) groups is 1. The third-order valence-corrected chi connectivity index (χ3v) is 6.99. The molecule has 2 fully saturated rings. The van der Waals surface area contributed by atoms with Crippen LogP contribution in [0.2, 0.25) is 0 Å². The van der Waals surface area contributed by atoms with Gasteiger partial charge >= 0.3 is 0 Å². The summed E-state index contributed by atoms with van der Waals surface area (Å²) >= 11 is 0. The summed E-state index contributed by atoms with van der Waals surface area (Å²) in [5.74, 6) is 1.04. The summed E-state index contributed by atoms with van der Waals surface area (Å²) in [6.45, 7) is 6.40. The number of aliphatic hydroxyl groups excluding tert-OH is 1. The van der Waals surface area contributed by atoms with Crippen LogP contribution in [0.25, 0.3) is 0 Å². The maximum atomic E-state index is 12.4. The molecule has 1 saturated carbocycles. The Bertz CT molecular complexity index is 732. The van der Waals surface area contributed by atoms with E-state index in [9.17, 15) is 9.90 Å². The Hall–Kier alpha value is -1.72. The highest BCUT2D eigenvalue weighted by molar-refractivity contribution is 5.87. The number of piperidine rings is 1. The molecular formula is C24H35N3O2. The fourth-order valence-corrected chi connectivity index (χ4v) is 5.43. The van der Waals surface area contributed by atoms with Gasteiger partial charge in [-0.3, -0.25) is 4.79 Å². The Morgan fingerprint density at radius 3 is 2.34 bits per heavy atom. The lowest BCUT2D eigenvalue weighted by Gasteiger charge is -2.43. The normalized spacial score (nSPS) is 23.4. The molecule has 0 unspecified atom stereocenters. The van der Waals surface area contributed by atoms with Crippen molar-refractivity contribution in [2.75, 3.05) is 18.0 Å². The zero-order chi connectivity index (χ0) is 20.2. The molecule has 0 amide bonds. The van der Waals surface area contributed by atoms with Crippen molar-refractivity contribution in [2.45, 2.75) is 89.3 Å². The Kier molecular flexibility index (Phi) is 6.66. The summed E-state index contributed by atoms with van der Waals surface area (Å²) in [6.07, 6.45) is 12.6. The predicted molar refractivity (Wildman–Crippen MR) is 116 cm³/mol. The minimum atomic E-state index is -0.0817. The molecular weight excluding hydrogens is 362 g/mol. The fourth-order valence-electron chi connectivity index (χ4n) is 5.43. The number of ketones is 1. The predicted octanol–water partition coefficient (Wildman–Crippen LogP) is 3.99. The fraction of sp³-hybridized carbons (Fsp3) is 0.667. The molecule has 1 aliphatic carbocycles. The first-order valence-electron chi connectivity index (χ1n) is 11.5. The molecule has 0 spiro atoms. The quantitative estimate of drug-likeness (QED) is 0.836. The van der Waals surface area contributed by atoms with Crippen molar-refractivity contribution in [1.29, 1.82) is 0 Å². The molecule has 5 nitrogen and oxygen atoms in total. The molecule has 1 aromatic rings. The largest absolute Gasteiger partial charge is 0.390 e. The number of hydrogen-bond acceptors (Lipinski definition) is 5. The van der Waals surface area contributed by atoms with Gasteiger partial charge in [-0.1, -0.05) is 44.7 Å². The Morgan fingerprint density at radius 2 is 1.66 bits per heavy atom. The van der Waals surface area contributed by atoms with Crippen molar-refractivity contribution in [3.05, 3.63) is 35.7 Å². The van der Waals surface area contributed by atoms with E-state index in [0.29, 0.717) is 24.6 Å². The molecule has 158 valence electrons. The second kappa shape index (κ2) is 9.40. The Balaban J connectivity index is 1.49. The van der Waals surface area contributed by atoms with E-state index in [1.807, 2.05) is 12.1 Å². The molecule has 1 aromatic heterocycles. The van der Waals surface area contributed by atoms with E-state index in [0.717, 1.165) is 49.1 Å². The minimum absolute atomic E-state index is 0.0817. The standard InChI is InChI=1S/C24H35N3O2/c1-18-15-23(29)16-19-9-10-20(17-28)25-24(19)27(18)22-11-13-26(14-12-22)21-7-5-3-2-4-6-8-21/h9-10,21-22,28H,1-8,11-17H2. The molecule has 5 heteroatoms. The minimum Gasteiger partial charge on any atom is -0.390 e. The summed E-state index contributed by atoms with van der Waals surface area (Å²) in [7, 11) is 0. The lowest BCUT2D eigenvalue weighted by molar-refractivity contribution is -0.117. The second-order valence-corrected chi connectivity index (χ2v) is 9.04. The SMILES string of the molecule is C=C1CC(=O)Cc2ccc(CO)nc2N1C1CCN(C2CCCCCCC2)CC1. The van der Waals surface area contributed by atoms with Crippen LogP contribution in [-0.4, -0.2) is 45.9 Å². The number of nitrogens with zero attached hydrogens (tertiary/aromatic N) is 3. The zero-order valence-electron chi connectivity index (χ0n) is 17.6. The lowest BCUT2D eigenvalue weighted by atomic mass is 9.93. The van der Waals surface area contributed by atoms with Crippen LogP contribution >= 0.6 is 0 Å². The van der Waals surface area contributed by atoms with E-state index in [1.165, 1.54) is 44.9 Å². The summed E-state index contributed by atoms with van der Waals surface area (Å²) in [6, 6.07) is 4.87. The van der Waals surface area contributed by atoms with E-state index >= 15 is 0 Å². The second-order valence-electron chi connectivity index (χ2n) is 9.04. The maximum Gasteiger partial charge on any atom is 0.143 e. The van der Waals surface area contributed by atoms with E-state index in [-0.39, 0.29) is 12.4 Å². The van der Waals surface area contributed by atoms with Gasteiger partial charge in [0, 0.05) is 49.3 Å². The first kappa shape index (κ1) is 20.5. The van der Waals surface area contributed by atoms with Gasteiger partial charge in [0.2, 0.25) is 0 Å². The van der Waals surface area contributed by atoms with Crippen LogP contribution in [0.3, 0.4) is 0 Å². The molecule has 29 heavy (non-hydrogen) atoms. The number of aliphatic hydroxyl groups is 1. The van der Waals surface area contributed by atoms with E-state index in [2.05, 4.69) is 16.4 Å². The zero-order valence-corrected chi connectivity index (χ0v) is 17.6. The van der Waals surface area contributed by atoms with Gasteiger partial charge in [0.1, 0.15) is 11.6 Å². The molecule has 0 bridgehead atoms. The number of fused-ring (bicyclic) bond motifs is 1. The van der Waals surface area contributed by atoms with Crippen molar-refractivity contribution in [3.8, 4) is 0 Å². The van der Waals surface area contributed by atoms with Crippen LogP contribution < -0.4 is 4.90 Å². The summed E-state index contributed by atoms with van der Waals surface area (Å²) < 4.78 is 0. The molecule has 1 N–H and O–H groups in total. The average molecular weight is 398 g/mol. The van der Waals surface area contributed by atoms with E-state index < -0.39 is 0 Å². The number of likely N-dealkylation sites (tertiary alicyclic amines) is 1. The number of aromatic nitrogens is 1. The number of pyridine rings is 1. The van der Waals surface area contributed by atoms with Crippen LogP contribution in [-0.2, 0) is 17.8 Å². The maximum absolute atomic E-state index is 12.4. The average Bonchev–Trinajstić information content (AvgIpc) is 2.82. The lowest BCUT2D eigenvalue weighted by Crippen LogP contribution is -2.48. The molecule has 0 aromatic carbocycles. The molecule has 2 aliphatic heterocycles. The third-order valence-electron chi connectivity index (χ3n) is 6.99. The van der Waals surface area contributed by atoms with Crippen molar-refractivity contribution < 1.29 is 9.90 Å². The first-order valence-corrected chi connectivity index (χ1v) is 11.5. The smallest absolute Gasteiger partial charge is 0.143 e. The van der Waals surface area contributed by atoms with Gasteiger partial charge in [0.15, 0.2) is 0 Å². The van der Waals surface area contributed by atoms with Crippen molar-refractivity contribution >= 4 is 11.6 Å². The Labute approximate surface area is 174 Å². The monoisotopic (exact) mass is 397 g/mol. The summed E-state index contributed by atoms with van der Waals surface area (Å²) in [5.41, 5.74) is 2.48. The van der Waals surface area contributed by atoms with Crippen molar-refractivity contribution in [3.63, 3.8) is 0 Å². The van der Waals surface area contributed by atoms with Gasteiger partial charge in [-0.15, -0.1) is 0 Å². The summed E-state index contributed by atoms with van der Waals surface area (Å²) in [5, 5.41) is 9.57. The molecule has 3 heterocycles. The van der Waals surface area contributed by atoms with Gasteiger partial charge < -0.3 is 14.9 Å². The van der Waals surface area contributed by atoms with Gasteiger partial charge in [0.25, 0.3) is 0 Å². The third kappa shape index (κ3) is 4.72. The van der Waals surface area contributed by atoms with Crippen molar-refractivity contribution in [1.82, 2.24) is 9.88 Å². The van der Waals surface area contributed by atoms with Crippen LogP contribution in [0.4, 0.5) is 5.82 Å². The molecule has 0 radical (unpaired) electrons. The number of carbonyl (C=O) groups excluding carboxylic acids is 1. The van der Waals surface area contributed by atoms with Gasteiger partial charge in [-0.05, 0) is 31.7 Å². The number of hydrogen-bond donors (Lipinski definition) is 1. The van der Waals surface area contributed by atoms with Crippen LogP contribution in [0.5, 0.6) is 0 Å². The highest BCUT2D eigenvalue weighted by Crippen LogP contribution is 2.34. The number of anilines is 1. The van der Waals surface area contributed by atoms with Crippen LogP contribution in [0.1, 0.15) is 75.5 Å². The number of rotatable bonds is 3. The Morgan fingerprint density at radius 1 is 0.966 bits per heavy atom. The van der Waals surface area contributed by atoms with Crippen molar-refractivity contribution in [2.24, 2.45) is 0 Å². The van der Waals surface area contributed by atoms with Crippen LogP contribution in [0.15, 0.2) is 24.4 Å². The topological polar surface area (TPSA) is 56.7 Å².